The van der Waals surface area contributed by atoms with Crippen molar-refractivity contribution in [1.82, 2.24) is 14.5 Å². The standard InChI is InChI=1S/C17H16ClN3O/c18-13-4-1-3-12(11-13)16-20-15-5-2-8-19-17(15)21(16)14-6-9-22-10-7-14/h1-5,8,11,14H,6-7,9-10H2. The van der Waals surface area contributed by atoms with Gasteiger partial charge >= 0.3 is 0 Å². The van der Waals surface area contributed by atoms with E-state index in [2.05, 4.69) is 9.55 Å². The van der Waals surface area contributed by atoms with Gasteiger partial charge in [0, 0.05) is 36.0 Å². The fraction of sp³-hybridized carbons (Fsp3) is 0.294. The molecule has 1 aliphatic rings. The van der Waals surface area contributed by atoms with Gasteiger partial charge in [0.1, 0.15) is 11.3 Å². The molecule has 22 heavy (non-hydrogen) atoms. The Bertz CT molecular complexity index is 809. The number of ether oxygens (including phenoxy) is 1. The summed E-state index contributed by atoms with van der Waals surface area (Å²) in [5.74, 6) is 0.933. The van der Waals surface area contributed by atoms with Crippen molar-refractivity contribution in [3.05, 3.63) is 47.6 Å². The first-order valence-electron chi connectivity index (χ1n) is 7.49. The summed E-state index contributed by atoms with van der Waals surface area (Å²) < 4.78 is 7.75. The molecule has 0 saturated carbocycles. The van der Waals surface area contributed by atoms with Crippen molar-refractivity contribution in [2.24, 2.45) is 0 Å². The lowest BCUT2D eigenvalue weighted by molar-refractivity contribution is 0.0708. The zero-order valence-electron chi connectivity index (χ0n) is 12.1. The van der Waals surface area contributed by atoms with Crippen LogP contribution in [0.15, 0.2) is 42.6 Å². The van der Waals surface area contributed by atoms with E-state index in [4.69, 9.17) is 21.3 Å². The molecule has 1 aromatic carbocycles. The highest BCUT2D eigenvalue weighted by Crippen LogP contribution is 2.32. The molecule has 2 aromatic heterocycles. The second kappa shape index (κ2) is 5.71. The molecule has 0 bridgehead atoms. The van der Waals surface area contributed by atoms with E-state index < -0.39 is 0 Å². The number of nitrogens with zero attached hydrogens (tertiary/aromatic N) is 3. The van der Waals surface area contributed by atoms with E-state index in [-0.39, 0.29) is 0 Å². The van der Waals surface area contributed by atoms with Gasteiger partial charge in [0.15, 0.2) is 5.65 Å². The van der Waals surface area contributed by atoms with Crippen molar-refractivity contribution in [2.75, 3.05) is 13.2 Å². The summed E-state index contributed by atoms with van der Waals surface area (Å²) in [4.78, 5) is 9.35. The Morgan fingerprint density at radius 2 is 2.00 bits per heavy atom. The molecule has 1 saturated heterocycles. The summed E-state index contributed by atoms with van der Waals surface area (Å²) in [5.41, 5.74) is 2.88. The Kier molecular flexibility index (Phi) is 3.56. The molecule has 3 heterocycles. The molecule has 0 aliphatic carbocycles. The Morgan fingerprint density at radius 3 is 2.82 bits per heavy atom. The molecule has 0 unspecified atom stereocenters. The lowest BCUT2D eigenvalue weighted by Crippen LogP contribution is -2.20. The van der Waals surface area contributed by atoms with E-state index >= 15 is 0 Å². The number of halogens is 1. The summed E-state index contributed by atoms with van der Waals surface area (Å²) in [6.07, 6.45) is 3.78. The molecule has 0 amide bonds. The molecule has 0 atom stereocenters. The number of rotatable bonds is 2. The van der Waals surface area contributed by atoms with Crippen LogP contribution in [-0.2, 0) is 4.74 Å². The highest BCUT2D eigenvalue weighted by atomic mass is 35.5. The average molecular weight is 314 g/mol. The van der Waals surface area contributed by atoms with Gasteiger partial charge in [-0.25, -0.2) is 9.97 Å². The number of benzene rings is 1. The van der Waals surface area contributed by atoms with Crippen molar-refractivity contribution in [2.45, 2.75) is 18.9 Å². The first kappa shape index (κ1) is 13.7. The van der Waals surface area contributed by atoms with Crippen LogP contribution in [0.3, 0.4) is 0 Å². The second-order valence-electron chi connectivity index (χ2n) is 5.51. The van der Waals surface area contributed by atoms with Gasteiger partial charge in [-0.3, -0.25) is 0 Å². The highest BCUT2D eigenvalue weighted by Gasteiger charge is 2.23. The minimum absolute atomic E-state index is 0.364. The molecule has 1 aliphatic heterocycles. The monoisotopic (exact) mass is 313 g/mol. The maximum absolute atomic E-state index is 6.16. The minimum atomic E-state index is 0.364. The van der Waals surface area contributed by atoms with Gasteiger partial charge in [0.2, 0.25) is 0 Å². The summed E-state index contributed by atoms with van der Waals surface area (Å²) >= 11 is 6.16. The third kappa shape index (κ3) is 2.38. The van der Waals surface area contributed by atoms with Crippen LogP contribution in [0.1, 0.15) is 18.9 Å². The Labute approximate surface area is 133 Å². The first-order chi connectivity index (χ1) is 10.8. The molecule has 0 radical (unpaired) electrons. The smallest absolute Gasteiger partial charge is 0.160 e. The van der Waals surface area contributed by atoms with Gasteiger partial charge in [0.05, 0.1) is 0 Å². The predicted molar refractivity (Wildman–Crippen MR) is 87.1 cm³/mol. The molecular formula is C17H16ClN3O. The van der Waals surface area contributed by atoms with Crippen molar-refractivity contribution >= 4 is 22.8 Å². The molecule has 1 fully saturated rings. The third-order valence-electron chi connectivity index (χ3n) is 4.09. The minimum Gasteiger partial charge on any atom is -0.381 e. The summed E-state index contributed by atoms with van der Waals surface area (Å²) in [6.45, 7) is 1.57. The maximum Gasteiger partial charge on any atom is 0.160 e. The predicted octanol–water partition coefficient (Wildman–Crippen LogP) is 4.10. The van der Waals surface area contributed by atoms with Gasteiger partial charge < -0.3 is 9.30 Å². The van der Waals surface area contributed by atoms with E-state index in [1.165, 1.54) is 0 Å². The quantitative estimate of drug-likeness (QED) is 0.715. The zero-order valence-corrected chi connectivity index (χ0v) is 12.8. The third-order valence-corrected chi connectivity index (χ3v) is 4.32. The van der Waals surface area contributed by atoms with Crippen molar-refractivity contribution in [1.29, 1.82) is 0 Å². The number of hydrogen-bond donors (Lipinski definition) is 0. The average Bonchev–Trinajstić information content (AvgIpc) is 2.95. The largest absolute Gasteiger partial charge is 0.381 e. The first-order valence-corrected chi connectivity index (χ1v) is 7.87. The fourth-order valence-electron chi connectivity index (χ4n) is 3.05. The number of hydrogen-bond acceptors (Lipinski definition) is 3. The Balaban J connectivity index is 1.93. The van der Waals surface area contributed by atoms with Crippen molar-refractivity contribution in [3.63, 3.8) is 0 Å². The number of pyridine rings is 1. The summed E-state index contributed by atoms with van der Waals surface area (Å²) in [6, 6.07) is 12.1. The van der Waals surface area contributed by atoms with E-state index in [0.29, 0.717) is 6.04 Å². The Morgan fingerprint density at radius 1 is 1.14 bits per heavy atom. The van der Waals surface area contributed by atoms with Crippen molar-refractivity contribution in [3.8, 4) is 11.4 Å². The highest BCUT2D eigenvalue weighted by molar-refractivity contribution is 6.30. The van der Waals surface area contributed by atoms with Crippen LogP contribution in [0.25, 0.3) is 22.6 Å². The number of aromatic nitrogens is 3. The summed E-state index contributed by atoms with van der Waals surface area (Å²) in [7, 11) is 0. The second-order valence-corrected chi connectivity index (χ2v) is 5.94. The summed E-state index contributed by atoms with van der Waals surface area (Å²) in [5, 5.41) is 0.719. The van der Waals surface area contributed by atoms with E-state index in [0.717, 1.165) is 53.6 Å². The van der Waals surface area contributed by atoms with Gasteiger partial charge in [-0.05, 0) is 37.1 Å². The van der Waals surface area contributed by atoms with Gasteiger partial charge in [-0.1, -0.05) is 23.7 Å². The van der Waals surface area contributed by atoms with Gasteiger partial charge in [-0.15, -0.1) is 0 Å². The van der Waals surface area contributed by atoms with Gasteiger partial charge in [0.25, 0.3) is 0 Å². The van der Waals surface area contributed by atoms with Crippen LogP contribution >= 0.6 is 11.6 Å². The molecule has 4 nitrogen and oxygen atoms in total. The molecule has 4 rings (SSSR count). The van der Waals surface area contributed by atoms with Crippen LogP contribution in [-0.4, -0.2) is 27.7 Å². The molecule has 112 valence electrons. The van der Waals surface area contributed by atoms with Crippen LogP contribution in [0.4, 0.5) is 0 Å². The van der Waals surface area contributed by atoms with Crippen molar-refractivity contribution < 1.29 is 4.74 Å². The van der Waals surface area contributed by atoms with Crippen LogP contribution in [0.5, 0.6) is 0 Å². The molecule has 0 spiro atoms. The van der Waals surface area contributed by atoms with E-state index in [1.54, 1.807) is 0 Å². The topological polar surface area (TPSA) is 39.9 Å². The maximum atomic E-state index is 6.16. The van der Waals surface area contributed by atoms with Crippen LogP contribution < -0.4 is 0 Å². The molecule has 5 heteroatoms. The lowest BCUT2D eigenvalue weighted by Gasteiger charge is -2.25. The number of fused-ring (bicyclic) bond motifs is 1. The molecule has 0 N–H and O–H groups in total. The lowest BCUT2D eigenvalue weighted by atomic mass is 10.1. The van der Waals surface area contributed by atoms with Crippen LogP contribution in [0, 0.1) is 0 Å². The molecule has 3 aromatic rings. The normalized spacial score (nSPS) is 16.2. The van der Waals surface area contributed by atoms with E-state index in [1.807, 2.05) is 42.6 Å². The van der Waals surface area contributed by atoms with Gasteiger partial charge in [-0.2, -0.15) is 0 Å². The number of imidazole rings is 1. The zero-order chi connectivity index (χ0) is 14.9. The van der Waals surface area contributed by atoms with E-state index in [9.17, 15) is 0 Å². The fourth-order valence-corrected chi connectivity index (χ4v) is 3.24. The SMILES string of the molecule is Clc1cccc(-c2nc3cccnc3n2C2CCOCC2)c1. The van der Waals surface area contributed by atoms with Crippen LogP contribution in [0.2, 0.25) is 5.02 Å². The molecular weight excluding hydrogens is 298 g/mol. The Hall–Kier alpha value is -1.91.